The fourth-order valence-corrected chi connectivity index (χ4v) is 0.788. The van der Waals surface area contributed by atoms with Crippen LogP contribution in [0, 0.1) is 10.1 Å². The third-order valence-electron chi connectivity index (χ3n) is 1.33. The van der Waals surface area contributed by atoms with E-state index in [0.29, 0.717) is 6.07 Å². The number of nitro groups is 1. The molecule has 0 unspecified atom stereocenters. The Labute approximate surface area is 75.5 Å². The Morgan fingerprint density at radius 1 is 1.43 bits per heavy atom. The molecular formula is C6H4F3N3O2. The summed E-state index contributed by atoms with van der Waals surface area (Å²) in [5, 5.41) is 10.2. The molecule has 0 saturated carbocycles. The Kier molecular flexibility index (Phi) is 2.28. The summed E-state index contributed by atoms with van der Waals surface area (Å²) < 4.78 is 36.2. The van der Waals surface area contributed by atoms with E-state index in [1.54, 1.807) is 0 Å². The first-order chi connectivity index (χ1) is 6.30. The molecule has 0 aromatic carbocycles. The molecule has 0 fully saturated rings. The Bertz CT molecular complexity index is 377. The molecule has 0 aliphatic rings. The van der Waals surface area contributed by atoms with E-state index < -0.39 is 28.3 Å². The molecule has 2 N–H and O–H groups in total. The lowest BCUT2D eigenvalue weighted by atomic mass is 10.3. The summed E-state index contributed by atoms with van der Waals surface area (Å²) in [5.74, 6) is -0.536. The Morgan fingerprint density at radius 3 is 2.43 bits per heavy atom. The average Bonchev–Trinajstić information content (AvgIpc) is 2.01. The Balaban J connectivity index is 3.28. The number of nitrogen functional groups attached to an aromatic ring is 1. The van der Waals surface area contributed by atoms with Gasteiger partial charge in [-0.25, -0.2) is 4.98 Å². The van der Waals surface area contributed by atoms with Crippen LogP contribution < -0.4 is 5.73 Å². The van der Waals surface area contributed by atoms with Gasteiger partial charge in [-0.1, -0.05) is 0 Å². The maximum absolute atomic E-state index is 12.1. The molecule has 1 aromatic heterocycles. The lowest BCUT2D eigenvalue weighted by molar-refractivity contribution is -0.385. The third kappa shape index (κ3) is 2.09. The molecule has 0 amide bonds. The van der Waals surface area contributed by atoms with Crippen LogP contribution in [0.5, 0.6) is 0 Å². The number of alkyl halides is 3. The molecule has 0 atom stereocenters. The predicted octanol–water partition coefficient (Wildman–Crippen LogP) is 1.59. The molecule has 5 nitrogen and oxygen atoms in total. The molecule has 76 valence electrons. The number of rotatable bonds is 1. The minimum absolute atomic E-state index is 0.330. The van der Waals surface area contributed by atoms with Crippen molar-refractivity contribution in [3.8, 4) is 0 Å². The van der Waals surface area contributed by atoms with Gasteiger partial charge < -0.3 is 5.73 Å². The van der Waals surface area contributed by atoms with Crippen LogP contribution in [-0.2, 0) is 6.18 Å². The van der Waals surface area contributed by atoms with Crippen molar-refractivity contribution in [1.29, 1.82) is 0 Å². The van der Waals surface area contributed by atoms with Crippen LogP contribution in [0.1, 0.15) is 5.69 Å². The zero-order valence-electron chi connectivity index (χ0n) is 6.58. The van der Waals surface area contributed by atoms with Crippen LogP contribution in [-0.4, -0.2) is 9.91 Å². The first-order valence-electron chi connectivity index (χ1n) is 3.30. The molecule has 0 saturated heterocycles. The highest BCUT2D eigenvalue weighted by atomic mass is 19.4. The van der Waals surface area contributed by atoms with E-state index in [-0.39, 0.29) is 0 Å². The van der Waals surface area contributed by atoms with Gasteiger partial charge in [-0.3, -0.25) is 10.1 Å². The highest BCUT2D eigenvalue weighted by molar-refractivity contribution is 5.43. The van der Waals surface area contributed by atoms with Crippen molar-refractivity contribution in [2.75, 3.05) is 5.73 Å². The molecule has 0 aliphatic carbocycles. The van der Waals surface area contributed by atoms with Gasteiger partial charge in [-0.15, -0.1) is 0 Å². The van der Waals surface area contributed by atoms with E-state index in [4.69, 9.17) is 5.73 Å². The fraction of sp³-hybridized carbons (Fsp3) is 0.167. The average molecular weight is 207 g/mol. The monoisotopic (exact) mass is 207 g/mol. The van der Waals surface area contributed by atoms with Gasteiger partial charge in [0.15, 0.2) is 5.69 Å². The number of hydrogen-bond donors (Lipinski definition) is 1. The van der Waals surface area contributed by atoms with Crippen LogP contribution in [0.15, 0.2) is 12.1 Å². The Morgan fingerprint density at radius 2 is 2.00 bits per heavy atom. The molecule has 0 aliphatic heterocycles. The molecule has 8 heteroatoms. The second-order valence-corrected chi connectivity index (χ2v) is 2.39. The predicted molar refractivity (Wildman–Crippen MR) is 40.3 cm³/mol. The first-order valence-corrected chi connectivity index (χ1v) is 3.30. The zero-order valence-corrected chi connectivity index (χ0v) is 6.58. The van der Waals surface area contributed by atoms with E-state index in [2.05, 4.69) is 4.98 Å². The molecule has 0 spiro atoms. The van der Waals surface area contributed by atoms with Crippen LogP contribution in [0.4, 0.5) is 24.7 Å². The number of aromatic nitrogens is 1. The molecule has 0 bridgehead atoms. The summed E-state index contributed by atoms with van der Waals surface area (Å²) in [6, 6.07) is 1.09. The summed E-state index contributed by atoms with van der Waals surface area (Å²) in [7, 11) is 0. The number of halogens is 3. The molecule has 1 rings (SSSR count). The molecule has 1 heterocycles. The second kappa shape index (κ2) is 3.13. The highest BCUT2D eigenvalue weighted by Crippen LogP contribution is 2.30. The fourth-order valence-electron chi connectivity index (χ4n) is 0.788. The number of pyridine rings is 1. The smallest absolute Gasteiger partial charge is 0.383 e. The summed E-state index contributed by atoms with van der Waals surface area (Å²) in [5.41, 5.74) is 2.88. The maximum atomic E-state index is 12.1. The van der Waals surface area contributed by atoms with Crippen molar-refractivity contribution in [1.82, 2.24) is 4.98 Å². The van der Waals surface area contributed by atoms with Crippen molar-refractivity contribution in [2.45, 2.75) is 6.18 Å². The molecular weight excluding hydrogens is 203 g/mol. The van der Waals surface area contributed by atoms with Crippen LogP contribution in [0.2, 0.25) is 0 Å². The summed E-state index contributed by atoms with van der Waals surface area (Å²) in [6.07, 6.45) is -4.74. The molecule has 14 heavy (non-hydrogen) atoms. The SMILES string of the molecule is Nc1cc([N+](=O)[O-])cc(C(F)(F)F)n1. The lowest BCUT2D eigenvalue weighted by Gasteiger charge is -2.05. The van der Waals surface area contributed by atoms with Crippen LogP contribution in [0.25, 0.3) is 0 Å². The summed E-state index contributed by atoms with van der Waals surface area (Å²) in [6.45, 7) is 0. The minimum atomic E-state index is -4.74. The number of hydrogen-bond acceptors (Lipinski definition) is 4. The number of anilines is 1. The van der Waals surface area contributed by atoms with Crippen molar-refractivity contribution in [3.05, 3.63) is 27.9 Å². The van der Waals surface area contributed by atoms with Crippen LogP contribution in [0.3, 0.4) is 0 Å². The van der Waals surface area contributed by atoms with Gasteiger partial charge in [0.2, 0.25) is 0 Å². The highest BCUT2D eigenvalue weighted by Gasteiger charge is 2.34. The largest absolute Gasteiger partial charge is 0.433 e. The minimum Gasteiger partial charge on any atom is -0.383 e. The van der Waals surface area contributed by atoms with E-state index in [1.807, 2.05) is 0 Å². The molecule has 1 aromatic rings. The lowest BCUT2D eigenvalue weighted by Crippen LogP contribution is -2.10. The topological polar surface area (TPSA) is 82.0 Å². The second-order valence-electron chi connectivity index (χ2n) is 2.39. The number of nitrogens with zero attached hydrogens (tertiary/aromatic N) is 2. The Hall–Kier alpha value is -1.86. The van der Waals surface area contributed by atoms with Crippen molar-refractivity contribution < 1.29 is 18.1 Å². The van der Waals surface area contributed by atoms with Gasteiger partial charge in [-0.2, -0.15) is 13.2 Å². The normalized spacial score (nSPS) is 11.4. The maximum Gasteiger partial charge on any atom is 0.433 e. The summed E-state index contributed by atoms with van der Waals surface area (Å²) in [4.78, 5) is 12.2. The zero-order chi connectivity index (χ0) is 10.9. The quantitative estimate of drug-likeness (QED) is 0.559. The van der Waals surface area contributed by atoms with Crippen molar-refractivity contribution in [2.24, 2.45) is 0 Å². The van der Waals surface area contributed by atoms with Gasteiger partial charge in [0.25, 0.3) is 5.69 Å². The van der Waals surface area contributed by atoms with E-state index in [0.717, 1.165) is 6.07 Å². The molecule has 0 radical (unpaired) electrons. The van der Waals surface area contributed by atoms with Gasteiger partial charge in [-0.05, 0) is 0 Å². The van der Waals surface area contributed by atoms with Gasteiger partial charge in [0.1, 0.15) is 5.82 Å². The van der Waals surface area contributed by atoms with E-state index >= 15 is 0 Å². The van der Waals surface area contributed by atoms with Gasteiger partial charge >= 0.3 is 6.18 Å². The van der Waals surface area contributed by atoms with E-state index in [1.165, 1.54) is 0 Å². The third-order valence-corrected chi connectivity index (χ3v) is 1.33. The van der Waals surface area contributed by atoms with Crippen molar-refractivity contribution >= 4 is 11.5 Å². The van der Waals surface area contributed by atoms with E-state index in [9.17, 15) is 23.3 Å². The first kappa shape index (κ1) is 10.2. The summed E-state index contributed by atoms with van der Waals surface area (Å²) >= 11 is 0. The van der Waals surface area contributed by atoms with Gasteiger partial charge in [0.05, 0.1) is 11.0 Å². The number of nitrogens with two attached hydrogens (primary N) is 1. The standard InChI is InChI=1S/C6H4F3N3O2/c7-6(8,9)4-1-3(12(13)14)2-5(10)11-4/h1-2H,(H2,10,11). The van der Waals surface area contributed by atoms with Crippen molar-refractivity contribution in [3.63, 3.8) is 0 Å². The van der Waals surface area contributed by atoms with Crippen LogP contribution >= 0.6 is 0 Å². The van der Waals surface area contributed by atoms with Gasteiger partial charge in [0, 0.05) is 6.07 Å².